The quantitative estimate of drug-likeness (QED) is 0.785. The minimum Gasteiger partial charge on any atom is -0.399 e. The molecular weight excluding hydrogens is 237 g/mol. The van der Waals surface area contributed by atoms with Crippen LogP contribution < -0.4 is 10.8 Å². The third-order valence-electron chi connectivity index (χ3n) is 4.63. The van der Waals surface area contributed by atoms with Crippen molar-refractivity contribution in [2.24, 2.45) is 0 Å². The average molecular weight is 259 g/mol. The van der Waals surface area contributed by atoms with Crippen LogP contribution in [0.2, 0.25) is 0 Å². The zero-order valence-corrected chi connectivity index (χ0v) is 12.5. The van der Waals surface area contributed by atoms with Crippen LogP contribution in [0.4, 0.5) is 5.69 Å². The van der Waals surface area contributed by atoms with Crippen molar-refractivity contribution < 1.29 is 9.31 Å². The molecule has 0 saturated carbocycles. The van der Waals surface area contributed by atoms with Crippen LogP contribution in [-0.4, -0.2) is 24.9 Å². The van der Waals surface area contributed by atoms with E-state index < -0.39 is 0 Å². The molecule has 2 heterocycles. The smallest absolute Gasteiger partial charge is 0.399 e. The monoisotopic (exact) mass is 259 g/mol. The molecule has 102 valence electrons. The molecule has 0 radical (unpaired) electrons. The maximum atomic E-state index is 6.18. The summed E-state index contributed by atoms with van der Waals surface area (Å²) in [6.07, 6.45) is 1.05. The van der Waals surface area contributed by atoms with Gasteiger partial charge in [0.15, 0.2) is 0 Å². The maximum absolute atomic E-state index is 6.18. The molecule has 1 N–H and O–H groups in total. The Balaban J connectivity index is 2.01. The van der Waals surface area contributed by atoms with Crippen LogP contribution in [0.25, 0.3) is 0 Å². The van der Waals surface area contributed by atoms with Gasteiger partial charge in [0.05, 0.1) is 11.2 Å². The molecule has 4 heteroatoms. The predicted octanol–water partition coefficient (Wildman–Crippen LogP) is 2.26. The second-order valence-electron chi connectivity index (χ2n) is 6.65. The van der Waals surface area contributed by atoms with E-state index in [1.807, 2.05) is 0 Å². The van der Waals surface area contributed by atoms with Crippen LogP contribution in [0.3, 0.4) is 0 Å². The van der Waals surface area contributed by atoms with Crippen LogP contribution in [0.5, 0.6) is 0 Å². The molecule has 0 aliphatic carbocycles. The number of hydrogen-bond donors (Lipinski definition) is 1. The molecule has 0 amide bonds. The molecule has 3 nitrogen and oxygen atoms in total. The van der Waals surface area contributed by atoms with Crippen molar-refractivity contribution in [3.63, 3.8) is 0 Å². The van der Waals surface area contributed by atoms with E-state index in [9.17, 15) is 0 Å². The van der Waals surface area contributed by atoms with Gasteiger partial charge >= 0.3 is 7.12 Å². The summed E-state index contributed by atoms with van der Waals surface area (Å²) in [4.78, 5) is 0. The molecule has 3 rings (SSSR count). The molecule has 0 spiro atoms. The van der Waals surface area contributed by atoms with Gasteiger partial charge in [0, 0.05) is 12.2 Å². The summed E-state index contributed by atoms with van der Waals surface area (Å²) in [5, 5.41) is 3.44. The van der Waals surface area contributed by atoms with E-state index in [4.69, 9.17) is 9.31 Å². The standard InChI is InChI=1S/C15H22BNO2/c1-10-8-12(11-6-7-17-13(11)9-10)16-18-14(2,3)15(4,5)19-16/h8-9,17H,6-7H2,1-5H3. The summed E-state index contributed by atoms with van der Waals surface area (Å²) in [6.45, 7) is 11.5. The summed E-state index contributed by atoms with van der Waals surface area (Å²) >= 11 is 0. The van der Waals surface area contributed by atoms with Crippen LogP contribution in [0, 0.1) is 6.92 Å². The molecule has 2 aliphatic heterocycles. The first kappa shape index (κ1) is 13.0. The van der Waals surface area contributed by atoms with Gasteiger partial charge in [0.1, 0.15) is 0 Å². The molecule has 19 heavy (non-hydrogen) atoms. The molecule has 1 aromatic rings. The van der Waals surface area contributed by atoms with Gasteiger partial charge in [0.2, 0.25) is 0 Å². The van der Waals surface area contributed by atoms with Crippen molar-refractivity contribution in [3.8, 4) is 0 Å². The van der Waals surface area contributed by atoms with E-state index in [-0.39, 0.29) is 18.3 Å². The maximum Gasteiger partial charge on any atom is 0.495 e. The summed E-state index contributed by atoms with van der Waals surface area (Å²) in [7, 11) is -0.251. The summed E-state index contributed by atoms with van der Waals surface area (Å²) < 4.78 is 12.4. The molecule has 1 aromatic carbocycles. The highest BCUT2D eigenvalue weighted by Crippen LogP contribution is 2.37. The molecule has 2 aliphatic rings. The fourth-order valence-electron chi connectivity index (χ4n) is 2.78. The Morgan fingerprint density at radius 3 is 2.37 bits per heavy atom. The molecule has 0 atom stereocenters. The van der Waals surface area contributed by atoms with E-state index in [0.717, 1.165) is 13.0 Å². The number of nitrogens with one attached hydrogen (secondary N) is 1. The van der Waals surface area contributed by atoms with Gasteiger partial charge < -0.3 is 14.6 Å². The Morgan fingerprint density at radius 1 is 1.11 bits per heavy atom. The second kappa shape index (κ2) is 4.00. The lowest BCUT2D eigenvalue weighted by atomic mass is 9.74. The summed E-state index contributed by atoms with van der Waals surface area (Å²) in [5.41, 5.74) is 4.48. The second-order valence-corrected chi connectivity index (χ2v) is 6.65. The van der Waals surface area contributed by atoms with Gasteiger partial charge in [-0.05, 0) is 63.7 Å². The predicted molar refractivity (Wildman–Crippen MR) is 79.1 cm³/mol. The minimum absolute atomic E-state index is 0.251. The van der Waals surface area contributed by atoms with E-state index in [2.05, 4.69) is 52.1 Å². The summed E-state index contributed by atoms with van der Waals surface area (Å²) in [5.74, 6) is 0. The number of benzene rings is 1. The molecular formula is C15H22BNO2. The highest BCUT2D eigenvalue weighted by Gasteiger charge is 2.52. The Morgan fingerprint density at radius 2 is 1.74 bits per heavy atom. The van der Waals surface area contributed by atoms with Crippen LogP contribution in [-0.2, 0) is 15.7 Å². The fraction of sp³-hybridized carbons (Fsp3) is 0.600. The topological polar surface area (TPSA) is 30.5 Å². The number of anilines is 1. The number of rotatable bonds is 1. The molecule has 1 saturated heterocycles. The zero-order chi connectivity index (χ0) is 13.8. The Hall–Kier alpha value is -0.995. The molecule has 0 aromatic heterocycles. The largest absolute Gasteiger partial charge is 0.495 e. The number of hydrogen-bond acceptors (Lipinski definition) is 3. The van der Waals surface area contributed by atoms with Crippen molar-refractivity contribution in [1.29, 1.82) is 0 Å². The Labute approximate surface area is 115 Å². The third-order valence-corrected chi connectivity index (χ3v) is 4.63. The van der Waals surface area contributed by atoms with E-state index in [1.54, 1.807) is 0 Å². The van der Waals surface area contributed by atoms with E-state index >= 15 is 0 Å². The Kier molecular flexibility index (Phi) is 2.74. The summed E-state index contributed by atoms with van der Waals surface area (Å²) in [6, 6.07) is 4.41. The van der Waals surface area contributed by atoms with Crippen molar-refractivity contribution in [2.75, 3.05) is 11.9 Å². The van der Waals surface area contributed by atoms with Gasteiger partial charge in [-0.25, -0.2) is 0 Å². The molecule has 0 bridgehead atoms. The van der Waals surface area contributed by atoms with Crippen LogP contribution >= 0.6 is 0 Å². The number of fused-ring (bicyclic) bond motifs is 1. The fourth-order valence-corrected chi connectivity index (χ4v) is 2.78. The zero-order valence-electron chi connectivity index (χ0n) is 12.5. The average Bonchev–Trinajstić information content (AvgIpc) is 2.80. The third kappa shape index (κ3) is 1.98. The van der Waals surface area contributed by atoms with Gasteiger partial charge in [-0.1, -0.05) is 6.07 Å². The van der Waals surface area contributed by atoms with Crippen molar-refractivity contribution >= 4 is 18.3 Å². The van der Waals surface area contributed by atoms with Gasteiger partial charge in [-0.2, -0.15) is 0 Å². The van der Waals surface area contributed by atoms with E-state index in [0.29, 0.717) is 0 Å². The van der Waals surface area contributed by atoms with Gasteiger partial charge in [-0.15, -0.1) is 0 Å². The lowest BCUT2D eigenvalue weighted by Gasteiger charge is -2.32. The number of aryl methyl sites for hydroxylation is 1. The Bertz CT molecular complexity index is 509. The molecule has 0 unspecified atom stereocenters. The lowest BCUT2D eigenvalue weighted by molar-refractivity contribution is 0.00578. The van der Waals surface area contributed by atoms with Crippen LogP contribution in [0.1, 0.15) is 38.8 Å². The molecule has 1 fully saturated rings. The van der Waals surface area contributed by atoms with Crippen LogP contribution in [0.15, 0.2) is 12.1 Å². The highest BCUT2D eigenvalue weighted by molar-refractivity contribution is 6.63. The SMILES string of the molecule is Cc1cc2c(c(B3OC(C)(C)C(C)(C)O3)c1)CCN2. The first-order valence-corrected chi connectivity index (χ1v) is 7.03. The van der Waals surface area contributed by atoms with Crippen molar-refractivity contribution in [1.82, 2.24) is 0 Å². The van der Waals surface area contributed by atoms with Crippen molar-refractivity contribution in [2.45, 2.75) is 52.2 Å². The van der Waals surface area contributed by atoms with E-state index in [1.165, 1.54) is 22.3 Å². The normalized spacial score (nSPS) is 23.3. The van der Waals surface area contributed by atoms with Gasteiger partial charge in [-0.3, -0.25) is 0 Å². The van der Waals surface area contributed by atoms with Crippen molar-refractivity contribution in [3.05, 3.63) is 23.3 Å². The minimum atomic E-state index is -0.277. The highest BCUT2D eigenvalue weighted by atomic mass is 16.7. The lowest BCUT2D eigenvalue weighted by Crippen LogP contribution is -2.41. The first-order valence-electron chi connectivity index (χ1n) is 7.03. The van der Waals surface area contributed by atoms with Gasteiger partial charge in [0.25, 0.3) is 0 Å². The first-order chi connectivity index (χ1) is 8.80.